The Balaban J connectivity index is 1.79. The number of sulfone groups is 1. The molecule has 1 aliphatic heterocycles. The lowest BCUT2D eigenvalue weighted by atomic mass is 9.90. The Morgan fingerprint density at radius 3 is 2.38 bits per heavy atom. The van der Waals surface area contributed by atoms with E-state index in [9.17, 15) is 17.6 Å². The number of nitrogens with zero attached hydrogens (tertiary/aromatic N) is 3. The summed E-state index contributed by atoms with van der Waals surface area (Å²) in [4.78, 5) is 23.3. The highest BCUT2D eigenvalue weighted by Gasteiger charge is 2.31. The Morgan fingerprint density at radius 2 is 1.79 bits per heavy atom. The number of rotatable bonds is 4. The standard InChI is InChI=1S/C26H26FN3O3S/c1-26(2,28-3)18-7-5-17(6-8-18)24-21-15-19(27)9-10-23(21)29-16-22(24)25(31)30-13-11-20(12-14-30)34(4,32)33/h5-10,15-16,20H,11-14H2,1-2,4H3. The number of carbonyl (C=O) groups is 1. The van der Waals surface area contributed by atoms with Gasteiger partial charge in [-0.3, -0.25) is 9.78 Å². The lowest BCUT2D eigenvalue weighted by molar-refractivity contribution is 0.0726. The van der Waals surface area contributed by atoms with E-state index in [0.717, 1.165) is 11.1 Å². The second-order valence-corrected chi connectivity index (χ2v) is 11.6. The van der Waals surface area contributed by atoms with E-state index in [1.165, 1.54) is 24.6 Å². The fourth-order valence-electron chi connectivity index (χ4n) is 4.40. The number of amides is 1. The molecular formula is C26H26FN3O3S. The summed E-state index contributed by atoms with van der Waals surface area (Å²) in [6.45, 7) is 11.8. The van der Waals surface area contributed by atoms with Crippen molar-refractivity contribution < 1.29 is 17.6 Å². The van der Waals surface area contributed by atoms with Crippen LogP contribution in [0.25, 0.3) is 26.9 Å². The van der Waals surface area contributed by atoms with Crippen LogP contribution in [0.15, 0.2) is 48.7 Å². The van der Waals surface area contributed by atoms with Crippen LogP contribution in [0.2, 0.25) is 0 Å². The Bertz CT molecular complexity index is 1400. The molecular weight excluding hydrogens is 453 g/mol. The molecule has 1 fully saturated rings. The molecule has 1 amide bonds. The highest BCUT2D eigenvalue weighted by Crippen LogP contribution is 2.35. The Labute approximate surface area is 199 Å². The molecule has 2 heterocycles. The Kier molecular flexibility index (Phi) is 6.17. The van der Waals surface area contributed by atoms with Gasteiger partial charge in [-0.2, -0.15) is 0 Å². The number of hydrogen-bond donors (Lipinski definition) is 0. The van der Waals surface area contributed by atoms with Gasteiger partial charge in [-0.1, -0.05) is 24.3 Å². The smallest absolute Gasteiger partial charge is 0.256 e. The van der Waals surface area contributed by atoms with E-state index in [1.807, 2.05) is 38.1 Å². The number of fused-ring (bicyclic) bond motifs is 1. The molecule has 0 atom stereocenters. The normalized spacial score (nSPS) is 15.3. The second-order valence-electron chi connectivity index (χ2n) is 9.28. The van der Waals surface area contributed by atoms with Crippen molar-refractivity contribution >= 4 is 26.6 Å². The molecule has 6 nitrogen and oxygen atoms in total. The molecule has 176 valence electrons. The zero-order valence-corrected chi connectivity index (χ0v) is 20.2. The molecule has 1 aromatic heterocycles. The first kappa shape index (κ1) is 23.8. The van der Waals surface area contributed by atoms with E-state index in [-0.39, 0.29) is 5.91 Å². The van der Waals surface area contributed by atoms with Crippen molar-refractivity contribution in [1.29, 1.82) is 0 Å². The van der Waals surface area contributed by atoms with Crippen LogP contribution >= 0.6 is 0 Å². The molecule has 0 bridgehead atoms. The van der Waals surface area contributed by atoms with Crippen molar-refractivity contribution in [2.24, 2.45) is 0 Å². The van der Waals surface area contributed by atoms with Gasteiger partial charge in [-0.05, 0) is 36.6 Å². The molecule has 0 aliphatic carbocycles. The molecule has 0 saturated carbocycles. The lowest BCUT2D eigenvalue weighted by Crippen LogP contribution is -2.42. The number of benzene rings is 2. The number of carbonyl (C=O) groups excluding carboxylic acids is 1. The third kappa shape index (κ3) is 4.53. The van der Waals surface area contributed by atoms with Crippen molar-refractivity contribution in [3.63, 3.8) is 0 Å². The fraction of sp³-hybridized carbons (Fsp3) is 0.346. The number of pyridine rings is 1. The van der Waals surface area contributed by atoms with E-state index >= 15 is 0 Å². The molecule has 34 heavy (non-hydrogen) atoms. The number of likely N-dealkylation sites (tertiary alicyclic amines) is 1. The van der Waals surface area contributed by atoms with Gasteiger partial charge in [0.05, 0.1) is 16.3 Å². The predicted molar refractivity (Wildman–Crippen MR) is 131 cm³/mol. The first-order valence-corrected chi connectivity index (χ1v) is 13.0. The van der Waals surface area contributed by atoms with Gasteiger partial charge in [0, 0.05) is 55.9 Å². The highest BCUT2D eigenvalue weighted by molar-refractivity contribution is 7.91. The average molecular weight is 480 g/mol. The van der Waals surface area contributed by atoms with E-state index in [4.69, 9.17) is 6.57 Å². The maximum Gasteiger partial charge on any atom is 0.256 e. The van der Waals surface area contributed by atoms with Crippen molar-refractivity contribution in [1.82, 2.24) is 9.88 Å². The monoisotopic (exact) mass is 479 g/mol. The maximum absolute atomic E-state index is 14.2. The molecule has 0 unspecified atom stereocenters. The van der Waals surface area contributed by atoms with Gasteiger partial charge in [0.1, 0.15) is 15.7 Å². The van der Waals surface area contributed by atoms with Crippen molar-refractivity contribution in [2.45, 2.75) is 37.5 Å². The molecule has 1 saturated heterocycles. The first-order valence-electron chi connectivity index (χ1n) is 11.1. The van der Waals surface area contributed by atoms with Crippen LogP contribution in [-0.2, 0) is 15.4 Å². The van der Waals surface area contributed by atoms with Crippen LogP contribution in [0, 0.1) is 12.4 Å². The largest absolute Gasteiger partial charge is 0.338 e. The summed E-state index contributed by atoms with van der Waals surface area (Å²) in [7, 11) is -3.16. The SMILES string of the molecule is [C-]#[N+]C(C)(C)c1ccc(-c2c(C(=O)N3CCC(S(C)(=O)=O)CC3)cnc3ccc(F)cc23)cc1. The van der Waals surface area contributed by atoms with Gasteiger partial charge in [0.2, 0.25) is 0 Å². The first-order chi connectivity index (χ1) is 16.0. The zero-order chi connectivity index (χ0) is 24.7. The van der Waals surface area contributed by atoms with Gasteiger partial charge in [0.25, 0.3) is 11.4 Å². The van der Waals surface area contributed by atoms with Crippen molar-refractivity contribution in [2.75, 3.05) is 19.3 Å². The molecule has 4 rings (SSSR count). The van der Waals surface area contributed by atoms with Crippen LogP contribution in [0.4, 0.5) is 4.39 Å². The van der Waals surface area contributed by atoms with Crippen LogP contribution in [0.5, 0.6) is 0 Å². The molecule has 0 spiro atoms. The quantitative estimate of drug-likeness (QED) is 0.502. The van der Waals surface area contributed by atoms with E-state index in [1.54, 1.807) is 11.0 Å². The molecule has 2 aromatic carbocycles. The fourth-order valence-corrected chi connectivity index (χ4v) is 5.47. The lowest BCUT2D eigenvalue weighted by Gasteiger charge is -2.31. The maximum atomic E-state index is 14.2. The second kappa shape index (κ2) is 8.80. The van der Waals surface area contributed by atoms with Gasteiger partial charge < -0.3 is 9.74 Å². The summed E-state index contributed by atoms with van der Waals surface area (Å²) >= 11 is 0. The minimum absolute atomic E-state index is 0.258. The summed E-state index contributed by atoms with van der Waals surface area (Å²) < 4.78 is 38.0. The number of aromatic nitrogens is 1. The van der Waals surface area contributed by atoms with E-state index in [2.05, 4.69) is 9.83 Å². The van der Waals surface area contributed by atoms with Crippen LogP contribution in [-0.4, -0.2) is 48.8 Å². The molecule has 8 heteroatoms. The van der Waals surface area contributed by atoms with Crippen LogP contribution in [0.1, 0.15) is 42.6 Å². The Hall–Kier alpha value is -3.31. The zero-order valence-electron chi connectivity index (χ0n) is 19.4. The number of hydrogen-bond acceptors (Lipinski definition) is 4. The summed E-state index contributed by atoms with van der Waals surface area (Å²) in [5.74, 6) is -0.689. The van der Waals surface area contributed by atoms with Gasteiger partial charge in [0.15, 0.2) is 0 Å². The summed E-state index contributed by atoms with van der Waals surface area (Å²) in [5.41, 5.74) is 2.35. The highest BCUT2D eigenvalue weighted by atomic mass is 32.2. The number of halogens is 1. The van der Waals surface area contributed by atoms with Gasteiger partial charge >= 0.3 is 0 Å². The summed E-state index contributed by atoms with van der Waals surface area (Å²) in [6.07, 6.45) is 3.51. The minimum atomic E-state index is -3.16. The van der Waals surface area contributed by atoms with E-state index in [0.29, 0.717) is 48.0 Å². The molecule has 1 aliphatic rings. The van der Waals surface area contributed by atoms with E-state index < -0.39 is 26.4 Å². The molecule has 0 N–H and O–H groups in total. The number of piperidine rings is 1. The minimum Gasteiger partial charge on any atom is -0.338 e. The third-order valence-corrected chi connectivity index (χ3v) is 8.24. The Morgan fingerprint density at radius 1 is 1.15 bits per heavy atom. The predicted octanol–water partition coefficient (Wildman–Crippen LogP) is 4.84. The summed E-state index contributed by atoms with van der Waals surface area (Å²) in [5, 5.41) is 0.0762. The third-order valence-electron chi connectivity index (χ3n) is 6.55. The van der Waals surface area contributed by atoms with Gasteiger partial charge in [-0.25, -0.2) is 19.4 Å². The van der Waals surface area contributed by atoms with Crippen LogP contribution in [0.3, 0.4) is 0 Å². The average Bonchev–Trinajstić information content (AvgIpc) is 2.82. The van der Waals surface area contributed by atoms with Crippen molar-refractivity contribution in [3.05, 3.63) is 77.0 Å². The van der Waals surface area contributed by atoms with Crippen LogP contribution < -0.4 is 0 Å². The molecule has 3 aromatic rings. The summed E-state index contributed by atoms with van der Waals surface area (Å²) in [6, 6.07) is 11.7. The van der Waals surface area contributed by atoms with Crippen molar-refractivity contribution in [3.8, 4) is 11.1 Å². The molecule has 0 radical (unpaired) electrons. The topological polar surface area (TPSA) is 71.7 Å². The van der Waals surface area contributed by atoms with Gasteiger partial charge in [-0.15, -0.1) is 0 Å².